The highest BCUT2D eigenvalue weighted by Gasteiger charge is 2.04. The molecule has 102 valence electrons. The van der Waals surface area contributed by atoms with Gasteiger partial charge in [-0.05, 0) is 48.7 Å². The van der Waals surface area contributed by atoms with Crippen molar-refractivity contribution in [1.29, 1.82) is 0 Å². The summed E-state index contributed by atoms with van der Waals surface area (Å²) in [5.41, 5.74) is 8.72. The average molecular weight is 285 g/mol. The Morgan fingerprint density at radius 2 is 2.00 bits per heavy atom. The van der Waals surface area contributed by atoms with Crippen LogP contribution in [0.3, 0.4) is 0 Å². The number of hydrogen-bond donors (Lipinski definition) is 1. The zero-order valence-electron chi connectivity index (χ0n) is 11.0. The summed E-state index contributed by atoms with van der Waals surface area (Å²) in [6.07, 6.45) is 5.57. The van der Waals surface area contributed by atoms with Crippen LogP contribution in [0.15, 0.2) is 42.7 Å². The van der Waals surface area contributed by atoms with Crippen LogP contribution in [0.4, 0.5) is 5.69 Å². The second kappa shape index (κ2) is 5.88. The van der Waals surface area contributed by atoms with Gasteiger partial charge in [-0.2, -0.15) is 0 Å². The predicted molar refractivity (Wildman–Crippen MR) is 82.1 cm³/mol. The number of fused-ring (bicyclic) bond motifs is 1. The van der Waals surface area contributed by atoms with E-state index in [4.69, 9.17) is 10.5 Å². The lowest BCUT2D eigenvalue weighted by atomic mass is 10.1. The van der Waals surface area contributed by atoms with Gasteiger partial charge in [0.2, 0.25) is 0 Å². The highest BCUT2D eigenvalue weighted by atomic mass is 32.1. The molecule has 0 atom stereocenters. The molecule has 0 unspecified atom stereocenters. The Morgan fingerprint density at radius 3 is 2.85 bits per heavy atom. The van der Waals surface area contributed by atoms with E-state index in [9.17, 15) is 0 Å². The van der Waals surface area contributed by atoms with Crippen LogP contribution >= 0.6 is 11.3 Å². The first-order valence-corrected chi connectivity index (χ1v) is 7.31. The summed E-state index contributed by atoms with van der Waals surface area (Å²) >= 11 is 1.53. The molecule has 0 saturated heterocycles. The second-order valence-corrected chi connectivity index (χ2v) is 5.51. The van der Waals surface area contributed by atoms with Crippen molar-refractivity contribution in [3.05, 3.63) is 48.3 Å². The molecule has 0 aliphatic heterocycles. The van der Waals surface area contributed by atoms with Crippen LogP contribution in [0.25, 0.3) is 10.2 Å². The third-order valence-corrected chi connectivity index (χ3v) is 3.91. The Hall–Kier alpha value is -2.14. The number of nitrogens with zero attached hydrogens (tertiary/aromatic N) is 2. The number of pyridine rings is 1. The Bertz CT molecular complexity index is 697. The highest BCUT2D eigenvalue weighted by molar-refractivity contribution is 7.20. The molecule has 0 saturated carbocycles. The Balaban J connectivity index is 1.55. The molecule has 1 aromatic carbocycles. The van der Waals surface area contributed by atoms with Crippen molar-refractivity contribution in [2.24, 2.45) is 0 Å². The van der Waals surface area contributed by atoms with E-state index in [2.05, 4.69) is 9.97 Å². The molecular weight excluding hydrogens is 270 g/mol. The zero-order chi connectivity index (χ0) is 13.8. The maximum Gasteiger partial charge on any atom is 0.274 e. The van der Waals surface area contributed by atoms with Crippen molar-refractivity contribution < 1.29 is 4.74 Å². The smallest absolute Gasteiger partial charge is 0.274 e. The molecule has 0 aliphatic rings. The Morgan fingerprint density at radius 1 is 1.15 bits per heavy atom. The molecular formula is C15H15N3OS. The van der Waals surface area contributed by atoms with Crippen molar-refractivity contribution in [3.63, 3.8) is 0 Å². The molecule has 3 rings (SSSR count). The van der Waals surface area contributed by atoms with Crippen molar-refractivity contribution in [1.82, 2.24) is 9.97 Å². The fourth-order valence-corrected chi connectivity index (χ4v) is 2.85. The quantitative estimate of drug-likeness (QED) is 0.577. The monoisotopic (exact) mass is 285 g/mol. The van der Waals surface area contributed by atoms with Crippen molar-refractivity contribution in [3.8, 4) is 5.19 Å². The van der Waals surface area contributed by atoms with E-state index >= 15 is 0 Å². The van der Waals surface area contributed by atoms with E-state index < -0.39 is 0 Å². The third-order valence-electron chi connectivity index (χ3n) is 2.98. The highest BCUT2D eigenvalue weighted by Crippen LogP contribution is 2.29. The van der Waals surface area contributed by atoms with Gasteiger partial charge in [0.25, 0.3) is 5.19 Å². The first kappa shape index (κ1) is 12.9. The minimum absolute atomic E-state index is 0.664. The summed E-state index contributed by atoms with van der Waals surface area (Å²) in [7, 11) is 0. The number of hydrogen-bond acceptors (Lipinski definition) is 5. The largest absolute Gasteiger partial charge is 0.470 e. The van der Waals surface area contributed by atoms with Crippen LogP contribution in [-0.4, -0.2) is 16.6 Å². The first-order chi connectivity index (χ1) is 9.81. The van der Waals surface area contributed by atoms with Crippen LogP contribution in [0.5, 0.6) is 5.19 Å². The lowest BCUT2D eigenvalue weighted by Crippen LogP contribution is -1.99. The Labute approximate surface area is 121 Å². The van der Waals surface area contributed by atoms with Gasteiger partial charge in [-0.15, -0.1) is 0 Å². The molecule has 0 fully saturated rings. The molecule has 3 aromatic rings. The van der Waals surface area contributed by atoms with Gasteiger partial charge in [0, 0.05) is 18.1 Å². The number of aryl methyl sites for hydroxylation is 1. The molecule has 2 aromatic heterocycles. The van der Waals surface area contributed by atoms with Gasteiger partial charge in [-0.1, -0.05) is 11.3 Å². The van der Waals surface area contributed by atoms with Crippen LogP contribution in [0.2, 0.25) is 0 Å². The van der Waals surface area contributed by atoms with Gasteiger partial charge in [0.1, 0.15) is 0 Å². The molecule has 4 nitrogen and oxygen atoms in total. The predicted octanol–water partition coefficient (Wildman–Crippen LogP) is 3.29. The van der Waals surface area contributed by atoms with E-state index in [0.29, 0.717) is 11.8 Å². The van der Waals surface area contributed by atoms with Crippen molar-refractivity contribution >= 4 is 27.2 Å². The van der Waals surface area contributed by atoms with Crippen LogP contribution in [-0.2, 0) is 6.42 Å². The van der Waals surface area contributed by atoms with Gasteiger partial charge >= 0.3 is 0 Å². The lowest BCUT2D eigenvalue weighted by molar-refractivity contribution is 0.310. The number of thiazole rings is 1. The van der Waals surface area contributed by atoms with Crippen LogP contribution < -0.4 is 10.5 Å². The van der Waals surface area contributed by atoms with E-state index in [-0.39, 0.29) is 0 Å². The number of ether oxygens (including phenoxy) is 1. The van der Waals surface area contributed by atoms with E-state index in [0.717, 1.165) is 28.7 Å². The molecule has 20 heavy (non-hydrogen) atoms. The lowest BCUT2D eigenvalue weighted by Gasteiger charge is -2.02. The number of benzene rings is 1. The van der Waals surface area contributed by atoms with Crippen LogP contribution in [0.1, 0.15) is 12.0 Å². The van der Waals surface area contributed by atoms with Gasteiger partial charge in [0.05, 0.1) is 16.8 Å². The van der Waals surface area contributed by atoms with Crippen LogP contribution in [0, 0.1) is 0 Å². The van der Waals surface area contributed by atoms with E-state index in [1.807, 2.05) is 42.7 Å². The number of aromatic nitrogens is 2. The molecule has 0 radical (unpaired) electrons. The minimum Gasteiger partial charge on any atom is -0.470 e. The van der Waals surface area contributed by atoms with Crippen molar-refractivity contribution in [2.45, 2.75) is 12.8 Å². The maximum absolute atomic E-state index is 5.75. The van der Waals surface area contributed by atoms with E-state index in [1.165, 1.54) is 16.9 Å². The van der Waals surface area contributed by atoms with Gasteiger partial charge < -0.3 is 10.5 Å². The minimum atomic E-state index is 0.664. The molecule has 5 heteroatoms. The standard InChI is InChI=1S/C15H15N3OS/c16-12-3-4-13-14(10-12)20-15(18-13)19-9-1-2-11-5-7-17-8-6-11/h3-8,10H,1-2,9,16H2. The SMILES string of the molecule is Nc1ccc2nc(OCCCc3ccncc3)sc2c1. The molecule has 0 spiro atoms. The molecule has 2 heterocycles. The summed E-state index contributed by atoms with van der Waals surface area (Å²) in [5.74, 6) is 0. The summed E-state index contributed by atoms with van der Waals surface area (Å²) in [6, 6.07) is 9.76. The fraction of sp³-hybridized carbons (Fsp3) is 0.200. The summed E-state index contributed by atoms with van der Waals surface area (Å²) in [4.78, 5) is 8.43. The summed E-state index contributed by atoms with van der Waals surface area (Å²) in [6.45, 7) is 0.664. The van der Waals surface area contributed by atoms with Gasteiger partial charge in [-0.25, -0.2) is 4.98 Å². The maximum atomic E-state index is 5.75. The molecule has 0 amide bonds. The number of nitrogen functional groups attached to an aromatic ring is 1. The number of nitrogens with two attached hydrogens (primary N) is 1. The first-order valence-electron chi connectivity index (χ1n) is 6.49. The van der Waals surface area contributed by atoms with Gasteiger partial charge in [0.15, 0.2) is 0 Å². The van der Waals surface area contributed by atoms with Gasteiger partial charge in [-0.3, -0.25) is 4.98 Å². The van der Waals surface area contributed by atoms with E-state index in [1.54, 1.807) is 0 Å². The zero-order valence-corrected chi connectivity index (χ0v) is 11.8. The summed E-state index contributed by atoms with van der Waals surface area (Å²) in [5, 5.41) is 0.709. The average Bonchev–Trinajstić information content (AvgIpc) is 2.86. The normalized spacial score (nSPS) is 10.8. The third kappa shape index (κ3) is 3.05. The molecule has 2 N–H and O–H groups in total. The number of anilines is 1. The van der Waals surface area contributed by atoms with Crippen molar-refractivity contribution in [2.75, 3.05) is 12.3 Å². The number of rotatable bonds is 5. The second-order valence-electron chi connectivity index (χ2n) is 4.51. The molecule has 0 aliphatic carbocycles. The fourth-order valence-electron chi connectivity index (χ4n) is 1.97. The Kier molecular flexibility index (Phi) is 3.78. The molecule has 0 bridgehead atoms. The topological polar surface area (TPSA) is 61.0 Å². The summed E-state index contributed by atoms with van der Waals surface area (Å²) < 4.78 is 6.77.